The number of rotatable bonds is 2. The predicted molar refractivity (Wildman–Crippen MR) is 68.1 cm³/mol. The van der Waals surface area contributed by atoms with Crippen molar-refractivity contribution in [3.8, 4) is 5.69 Å². The number of hydrogen-bond acceptors (Lipinski definition) is 3. The SMILES string of the molecule is COC(=O)c1ccc(C)n(-c2ccccc2)c1=O. The molecule has 0 saturated carbocycles. The Morgan fingerprint density at radius 1 is 1.11 bits per heavy atom. The van der Waals surface area contributed by atoms with Crippen LogP contribution in [0.15, 0.2) is 47.3 Å². The molecule has 0 saturated heterocycles. The molecule has 4 heteroatoms. The molecule has 0 aliphatic rings. The Bertz CT molecular complexity index is 629. The zero-order valence-electron chi connectivity index (χ0n) is 10.2. The minimum atomic E-state index is -0.621. The Hall–Kier alpha value is -2.36. The highest BCUT2D eigenvalue weighted by Crippen LogP contribution is 2.09. The number of ether oxygens (including phenoxy) is 1. The van der Waals surface area contributed by atoms with E-state index in [0.717, 1.165) is 11.4 Å². The summed E-state index contributed by atoms with van der Waals surface area (Å²) in [4.78, 5) is 23.7. The number of aromatic nitrogens is 1. The molecular formula is C14H13NO3. The van der Waals surface area contributed by atoms with Crippen molar-refractivity contribution in [3.63, 3.8) is 0 Å². The fourth-order valence-corrected chi connectivity index (χ4v) is 1.79. The third-order valence-corrected chi connectivity index (χ3v) is 2.70. The first-order valence-electron chi connectivity index (χ1n) is 5.51. The molecule has 2 rings (SSSR count). The van der Waals surface area contributed by atoms with E-state index >= 15 is 0 Å². The number of aryl methyl sites for hydroxylation is 1. The van der Waals surface area contributed by atoms with E-state index in [1.54, 1.807) is 6.07 Å². The zero-order valence-corrected chi connectivity index (χ0v) is 10.2. The summed E-state index contributed by atoms with van der Waals surface area (Å²) in [5.74, 6) is -0.621. The fourth-order valence-electron chi connectivity index (χ4n) is 1.79. The van der Waals surface area contributed by atoms with Gasteiger partial charge in [-0.2, -0.15) is 0 Å². The second kappa shape index (κ2) is 4.87. The molecule has 0 bridgehead atoms. The number of pyridine rings is 1. The lowest BCUT2D eigenvalue weighted by molar-refractivity contribution is 0.0598. The first-order chi connectivity index (χ1) is 8.65. The van der Waals surface area contributed by atoms with E-state index in [-0.39, 0.29) is 11.1 Å². The highest BCUT2D eigenvalue weighted by molar-refractivity contribution is 5.88. The summed E-state index contributed by atoms with van der Waals surface area (Å²) in [6.07, 6.45) is 0. The second-order valence-corrected chi connectivity index (χ2v) is 3.86. The van der Waals surface area contributed by atoms with Gasteiger partial charge >= 0.3 is 5.97 Å². The van der Waals surface area contributed by atoms with Gasteiger partial charge < -0.3 is 4.74 Å². The lowest BCUT2D eigenvalue weighted by atomic mass is 10.2. The highest BCUT2D eigenvalue weighted by atomic mass is 16.5. The van der Waals surface area contributed by atoms with E-state index in [1.165, 1.54) is 17.7 Å². The van der Waals surface area contributed by atoms with Crippen molar-refractivity contribution >= 4 is 5.97 Å². The van der Waals surface area contributed by atoms with Gasteiger partial charge in [0.25, 0.3) is 5.56 Å². The van der Waals surface area contributed by atoms with Gasteiger partial charge in [-0.05, 0) is 31.2 Å². The largest absolute Gasteiger partial charge is 0.465 e. The third kappa shape index (κ3) is 2.05. The molecule has 0 fully saturated rings. The quantitative estimate of drug-likeness (QED) is 0.757. The van der Waals surface area contributed by atoms with Gasteiger partial charge in [0.1, 0.15) is 5.56 Å². The summed E-state index contributed by atoms with van der Waals surface area (Å²) in [5, 5.41) is 0. The number of para-hydroxylation sites is 1. The first-order valence-corrected chi connectivity index (χ1v) is 5.51. The molecule has 0 atom stereocenters. The number of benzene rings is 1. The Balaban J connectivity index is 2.68. The van der Waals surface area contributed by atoms with E-state index in [0.29, 0.717) is 0 Å². The van der Waals surface area contributed by atoms with Gasteiger partial charge in [-0.1, -0.05) is 18.2 Å². The number of carbonyl (C=O) groups excluding carboxylic acids is 1. The van der Waals surface area contributed by atoms with Crippen molar-refractivity contribution in [2.45, 2.75) is 6.92 Å². The molecule has 0 aliphatic heterocycles. The number of methoxy groups -OCH3 is 1. The van der Waals surface area contributed by atoms with E-state index in [4.69, 9.17) is 0 Å². The summed E-state index contributed by atoms with van der Waals surface area (Å²) < 4.78 is 6.09. The van der Waals surface area contributed by atoms with Crippen LogP contribution in [-0.2, 0) is 4.74 Å². The van der Waals surface area contributed by atoms with Gasteiger partial charge in [0, 0.05) is 11.4 Å². The van der Waals surface area contributed by atoms with Crippen LogP contribution in [0.3, 0.4) is 0 Å². The molecule has 0 aliphatic carbocycles. The number of hydrogen-bond donors (Lipinski definition) is 0. The molecule has 1 aromatic carbocycles. The third-order valence-electron chi connectivity index (χ3n) is 2.70. The summed E-state index contributed by atoms with van der Waals surface area (Å²) in [6.45, 7) is 1.81. The van der Waals surface area contributed by atoms with Gasteiger partial charge in [0.05, 0.1) is 7.11 Å². The first kappa shape index (κ1) is 12.1. The van der Waals surface area contributed by atoms with Gasteiger partial charge in [-0.15, -0.1) is 0 Å². The molecule has 0 radical (unpaired) electrons. The topological polar surface area (TPSA) is 48.3 Å². The average Bonchev–Trinajstić information content (AvgIpc) is 2.39. The van der Waals surface area contributed by atoms with Crippen LogP contribution in [0.25, 0.3) is 5.69 Å². The monoisotopic (exact) mass is 243 g/mol. The van der Waals surface area contributed by atoms with Crippen LogP contribution in [0.4, 0.5) is 0 Å². The summed E-state index contributed by atoms with van der Waals surface area (Å²) in [7, 11) is 1.26. The van der Waals surface area contributed by atoms with Crippen molar-refractivity contribution in [3.05, 3.63) is 64.1 Å². The van der Waals surface area contributed by atoms with Gasteiger partial charge in [-0.25, -0.2) is 4.79 Å². The van der Waals surface area contributed by atoms with Crippen LogP contribution in [0.5, 0.6) is 0 Å². The smallest absolute Gasteiger partial charge is 0.343 e. The summed E-state index contributed by atoms with van der Waals surface area (Å²) in [5.41, 5.74) is 1.16. The standard InChI is InChI=1S/C14H13NO3/c1-10-8-9-12(14(17)18-2)13(16)15(10)11-6-4-3-5-7-11/h3-9H,1-2H3. The van der Waals surface area contributed by atoms with Crippen molar-refractivity contribution in [2.75, 3.05) is 7.11 Å². The van der Waals surface area contributed by atoms with E-state index < -0.39 is 5.97 Å². The maximum absolute atomic E-state index is 12.3. The lowest BCUT2D eigenvalue weighted by Gasteiger charge is -2.11. The van der Waals surface area contributed by atoms with E-state index in [2.05, 4.69) is 4.74 Å². The highest BCUT2D eigenvalue weighted by Gasteiger charge is 2.14. The second-order valence-electron chi connectivity index (χ2n) is 3.86. The van der Waals surface area contributed by atoms with Gasteiger partial charge in [0.15, 0.2) is 0 Å². The predicted octanol–water partition coefficient (Wildman–Crippen LogP) is 1.93. The van der Waals surface area contributed by atoms with Crippen molar-refractivity contribution in [1.29, 1.82) is 0 Å². The summed E-state index contributed by atoms with van der Waals surface area (Å²) in [6, 6.07) is 12.4. The number of nitrogens with zero attached hydrogens (tertiary/aromatic N) is 1. The molecule has 4 nitrogen and oxygen atoms in total. The van der Waals surface area contributed by atoms with Crippen molar-refractivity contribution < 1.29 is 9.53 Å². The molecule has 1 heterocycles. The zero-order chi connectivity index (χ0) is 13.1. The minimum absolute atomic E-state index is 0.0342. The molecule has 0 unspecified atom stereocenters. The van der Waals surface area contributed by atoms with Gasteiger partial charge in [-0.3, -0.25) is 9.36 Å². The van der Waals surface area contributed by atoms with Crippen LogP contribution in [0.2, 0.25) is 0 Å². The lowest BCUT2D eigenvalue weighted by Crippen LogP contribution is -2.27. The Labute approximate surface area is 104 Å². The van der Waals surface area contributed by atoms with Crippen molar-refractivity contribution in [2.24, 2.45) is 0 Å². The maximum atomic E-state index is 12.3. The van der Waals surface area contributed by atoms with Crippen LogP contribution in [-0.4, -0.2) is 17.6 Å². The van der Waals surface area contributed by atoms with Gasteiger partial charge in [0.2, 0.25) is 0 Å². The Morgan fingerprint density at radius 2 is 1.78 bits per heavy atom. The molecule has 0 N–H and O–H groups in total. The molecule has 92 valence electrons. The van der Waals surface area contributed by atoms with Crippen LogP contribution < -0.4 is 5.56 Å². The number of esters is 1. The van der Waals surface area contributed by atoms with E-state index in [1.807, 2.05) is 37.3 Å². The Morgan fingerprint density at radius 3 is 2.39 bits per heavy atom. The Kier molecular flexibility index (Phi) is 3.28. The fraction of sp³-hybridized carbons (Fsp3) is 0.143. The van der Waals surface area contributed by atoms with Crippen LogP contribution >= 0.6 is 0 Å². The molecular weight excluding hydrogens is 230 g/mol. The molecule has 0 amide bonds. The van der Waals surface area contributed by atoms with Crippen LogP contribution in [0.1, 0.15) is 16.1 Å². The molecule has 0 spiro atoms. The van der Waals surface area contributed by atoms with Crippen molar-refractivity contribution in [1.82, 2.24) is 4.57 Å². The molecule has 2 aromatic rings. The summed E-state index contributed by atoms with van der Waals surface area (Å²) >= 11 is 0. The normalized spacial score (nSPS) is 10.1. The minimum Gasteiger partial charge on any atom is -0.465 e. The maximum Gasteiger partial charge on any atom is 0.343 e. The average molecular weight is 243 g/mol. The van der Waals surface area contributed by atoms with Crippen LogP contribution in [0, 0.1) is 6.92 Å². The molecule has 18 heavy (non-hydrogen) atoms. The molecule has 1 aromatic heterocycles. The number of carbonyl (C=O) groups is 1. The van der Waals surface area contributed by atoms with E-state index in [9.17, 15) is 9.59 Å².